The van der Waals surface area contributed by atoms with Crippen molar-refractivity contribution >= 4 is 6.09 Å². The third-order valence-corrected chi connectivity index (χ3v) is 1.93. The van der Waals surface area contributed by atoms with Crippen LogP contribution in [0.3, 0.4) is 0 Å². The van der Waals surface area contributed by atoms with Gasteiger partial charge in [-0.1, -0.05) is 0 Å². The van der Waals surface area contributed by atoms with E-state index in [1.165, 1.54) is 0 Å². The van der Waals surface area contributed by atoms with Gasteiger partial charge in [0.1, 0.15) is 13.1 Å². The van der Waals surface area contributed by atoms with Gasteiger partial charge in [-0.05, 0) is 13.8 Å². The summed E-state index contributed by atoms with van der Waals surface area (Å²) in [5, 5.41) is 0. The van der Waals surface area contributed by atoms with Gasteiger partial charge in [0.05, 0.1) is 13.1 Å². The van der Waals surface area contributed by atoms with Gasteiger partial charge in [0.25, 0.3) is 0 Å². The molecule has 0 N–H and O–H groups in total. The summed E-state index contributed by atoms with van der Waals surface area (Å²) in [4.78, 5) is 1.75. The zero-order chi connectivity index (χ0) is 7.56. The van der Waals surface area contributed by atoms with Gasteiger partial charge in [-0.3, -0.25) is 0 Å². The highest BCUT2D eigenvalue weighted by atomic mass is 19.1. The summed E-state index contributed by atoms with van der Waals surface area (Å²) in [6, 6.07) is 0. The number of hydrogen-bond acceptors (Lipinski definition) is 1. The second-order valence-electron chi connectivity index (χ2n) is 2.43. The van der Waals surface area contributed by atoms with Crippen LogP contribution in [-0.4, -0.2) is 41.7 Å². The van der Waals surface area contributed by atoms with Crippen LogP contribution in [-0.2, 0) is 0 Å². The molecule has 0 radical (unpaired) electrons. The standard InChI is InChI=1S/C7H14FN2/c1-3-9-5-6-10(4-2)7(9)8/h3-6H2,1-2H3/q+1. The molecule has 1 aliphatic rings. The normalized spacial score (nSPS) is 18.9. The van der Waals surface area contributed by atoms with E-state index in [1.807, 2.05) is 13.8 Å². The Morgan fingerprint density at radius 3 is 2.60 bits per heavy atom. The van der Waals surface area contributed by atoms with E-state index >= 15 is 0 Å². The second-order valence-corrected chi connectivity index (χ2v) is 2.43. The highest BCUT2D eigenvalue weighted by Crippen LogP contribution is 2.01. The van der Waals surface area contributed by atoms with Crippen LogP contribution < -0.4 is 0 Å². The van der Waals surface area contributed by atoms with Gasteiger partial charge < -0.3 is 0 Å². The molecule has 3 heteroatoms. The Morgan fingerprint density at radius 1 is 1.60 bits per heavy atom. The van der Waals surface area contributed by atoms with Crippen molar-refractivity contribution in [2.45, 2.75) is 13.8 Å². The van der Waals surface area contributed by atoms with E-state index in [1.54, 1.807) is 9.48 Å². The lowest BCUT2D eigenvalue weighted by Gasteiger charge is -2.01. The van der Waals surface area contributed by atoms with Crippen molar-refractivity contribution in [3.63, 3.8) is 0 Å². The maximum absolute atomic E-state index is 13.0. The molecule has 0 bridgehead atoms. The molecule has 58 valence electrons. The van der Waals surface area contributed by atoms with E-state index in [0.717, 1.165) is 26.2 Å². The first-order valence-electron chi connectivity index (χ1n) is 3.82. The van der Waals surface area contributed by atoms with Crippen LogP contribution in [0, 0.1) is 0 Å². The molecular weight excluding hydrogens is 131 g/mol. The molecule has 10 heavy (non-hydrogen) atoms. The molecule has 0 aromatic carbocycles. The third kappa shape index (κ3) is 1.13. The molecule has 2 nitrogen and oxygen atoms in total. The Bertz CT molecular complexity index is 154. The lowest BCUT2D eigenvalue weighted by molar-refractivity contribution is -0.519. The molecule has 1 aliphatic heterocycles. The minimum atomic E-state index is -0.0509. The molecule has 0 atom stereocenters. The Kier molecular flexibility index (Phi) is 2.25. The highest BCUT2D eigenvalue weighted by molar-refractivity contribution is 5.68. The molecule has 0 saturated carbocycles. The fourth-order valence-corrected chi connectivity index (χ4v) is 1.20. The monoisotopic (exact) mass is 145 g/mol. The summed E-state index contributed by atoms with van der Waals surface area (Å²) >= 11 is 0. The number of likely N-dealkylation sites (N-methyl/N-ethyl adjacent to an activating group) is 2. The second kappa shape index (κ2) is 2.99. The van der Waals surface area contributed by atoms with Crippen molar-refractivity contribution in [3.8, 4) is 0 Å². The van der Waals surface area contributed by atoms with Gasteiger partial charge in [0, 0.05) is 0 Å². The predicted octanol–water partition coefficient (Wildman–Crippen LogP) is 0.680. The fourth-order valence-electron chi connectivity index (χ4n) is 1.20. The van der Waals surface area contributed by atoms with E-state index in [0.29, 0.717) is 0 Å². The van der Waals surface area contributed by atoms with E-state index < -0.39 is 0 Å². The predicted molar refractivity (Wildman–Crippen MR) is 39.0 cm³/mol. The average molecular weight is 145 g/mol. The molecule has 0 amide bonds. The van der Waals surface area contributed by atoms with Crippen LogP contribution in [0.1, 0.15) is 13.8 Å². The highest BCUT2D eigenvalue weighted by Gasteiger charge is 2.27. The van der Waals surface area contributed by atoms with Crippen LogP contribution >= 0.6 is 0 Å². The quantitative estimate of drug-likeness (QED) is 0.409. The van der Waals surface area contributed by atoms with Crippen molar-refractivity contribution in [2.24, 2.45) is 0 Å². The molecule has 1 heterocycles. The van der Waals surface area contributed by atoms with E-state index in [-0.39, 0.29) is 6.09 Å². The van der Waals surface area contributed by atoms with Gasteiger partial charge in [-0.15, -0.1) is 4.39 Å². The molecule has 0 aromatic heterocycles. The van der Waals surface area contributed by atoms with Crippen LogP contribution in [0.15, 0.2) is 0 Å². The Morgan fingerprint density at radius 2 is 2.30 bits per heavy atom. The molecule has 0 aromatic rings. The minimum absolute atomic E-state index is 0.0509. The first kappa shape index (κ1) is 7.51. The summed E-state index contributed by atoms with van der Waals surface area (Å²) in [6.07, 6.45) is -0.0509. The zero-order valence-electron chi connectivity index (χ0n) is 6.60. The van der Waals surface area contributed by atoms with E-state index in [4.69, 9.17) is 0 Å². The molecule has 0 spiro atoms. The van der Waals surface area contributed by atoms with Gasteiger partial charge in [-0.2, -0.15) is 0 Å². The van der Waals surface area contributed by atoms with Gasteiger partial charge >= 0.3 is 6.09 Å². The van der Waals surface area contributed by atoms with Gasteiger partial charge in [0.2, 0.25) is 0 Å². The van der Waals surface area contributed by atoms with Gasteiger partial charge in [-0.25, -0.2) is 9.48 Å². The minimum Gasteiger partial charge on any atom is -0.232 e. The fraction of sp³-hybridized carbons (Fsp3) is 0.857. The summed E-state index contributed by atoms with van der Waals surface area (Å²) in [7, 11) is 0. The molecule has 0 aliphatic carbocycles. The lowest BCUT2D eigenvalue weighted by atomic mass is 10.5. The van der Waals surface area contributed by atoms with Crippen LogP contribution in [0.2, 0.25) is 0 Å². The zero-order valence-corrected chi connectivity index (χ0v) is 6.60. The summed E-state index contributed by atoms with van der Waals surface area (Å²) in [5.41, 5.74) is 0. The van der Waals surface area contributed by atoms with Crippen molar-refractivity contribution in [1.82, 2.24) is 4.90 Å². The first-order valence-corrected chi connectivity index (χ1v) is 3.82. The van der Waals surface area contributed by atoms with Crippen LogP contribution in [0.5, 0.6) is 0 Å². The molecule has 0 saturated heterocycles. The third-order valence-electron chi connectivity index (χ3n) is 1.93. The van der Waals surface area contributed by atoms with Crippen molar-refractivity contribution in [2.75, 3.05) is 26.2 Å². The lowest BCUT2D eigenvalue weighted by Crippen LogP contribution is -2.25. The maximum atomic E-state index is 13.0. The molecular formula is C7H14FN2+. The molecule has 0 unspecified atom stereocenters. The Balaban J connectivity index is 2.63. The van der Waals surface area contributed by atoms with E-state index in [2.05, 4.69) is 0 Å². The maximum Gasteiger partial charge on any atom is 0.436 e. The number of amidine groups is 1. The van der Waals surface area contributed by atoms with Crippen molar-refractivity contribution in [3.05, 3.63) is 0 Å². The first-order chi connectivity index (χ1) is 4.79. The number of hydrogen-bond donors (Lipinski definition) is 0. The number of nitrogens with zero attached hydrogens (tertiary/aromatic N) is 2. The SMILES string of the molecule is CCN1CC[N+](CC)=C1F. The van der Waals surface area contributed by atoms with E-state index in [9.17, 15) is 4.39 Å². The number of halogens is 1. The topological polar surface area (TPSA) is 6.25 Å². The largest absolute Gasteiger partial charge is 0.436 e. The van der Waals surface area contributed by atoms with Gasteiger partial charge in [0.15, 0.2) is 0 Å². The molecule has 1 rings (SSSR count). The summed E-state index contributed by atoms with van der Waals surface area (Å²) in [5.74, 6) is 0. The Labute approximate surface area is 61.0 Å². The van der Waals surface area contributed by atoms with Crippen LogP contribution in [0.4, 0.5) is 4.39 Å². The van der Waals surface area contributed by atoms with Crippen molar-refractivity contribution < 1.29 is 8.97 Å². The summed E-state index contributed by atoms with van der Waals surface area (Å²) in [6.45, 7) is 7.19. The van der Waals surface area contributed by atoms with Crippen molar-refractivity contribution in [1.29, 1.82) is 0 Å². The summed E-state index contributed by atoms with van der Waals surface area (Å²) < 4.78 is 14.8. The molecule has 0 fully saturated rings. The average Bonchev–Trinajstić information content (AvgIpc) is 2.30. The smallest absolute Gasteiger partial charge is 0.232 e. The Hall–Kier alpha value is -0.600. The van der Waals surface area contributed by atoms with Crippen LogP contribution in [0.25, 0.3) is 0 Å². The number of rotatable bonds is 2.